The zero-order chi connectivity index (χ0) is 9.80. The van der Waals surface area contributed by atoms with Gasteiger partial charge in [0.2, 0.25) is 0 Å². The summed E-state index contributed by atoms with van der Waals surface area (Å²) >= 11 is 3.25. The second kappa shape index (κ2) is 4.28. The van der Waals surface area contributed by atoms with Crippen molar-refractivity contribution in [3.05, 3.63) is 47.1 Å². The Kier molecular flexibility index (Phi) is 2.84. The van der Waals surface area contributed by atoms with Gasteiger partial charge in [0.05, 0.1) is 6.26 Å². The summed E-state index contributed by atoms with van der Waals surface area (Å²) in [5.41, 5.74) is 2.16. The highest BCUT2D eigenvalue weighted by Crippen LogP contribution is 2.15. The van der Waals surface area contributed by atoms with Crippen LogP contribution in [0.5, 0.6) is 0 Å². The van der Waals surface area contributed by atoms with Crippen molar-refractivity contribution in [2.45, 2.75) is 6.54 Å². The Morgan fingerprint density at radius 1 is 1.36 bits per heavy atom. The van der Waals surface area contributed by atoms with Gasteiger partial charge in [0.15, 0.2) is 4.67 Å². The lowest BCUT2D eigenvalue weighted by Crippen LogP contribution is -1.97. The third kappa shape index (κ3) is 2.35. The van der Waals surface area contributed by atoms with E-state index in [9.17, 15) is 0 Å². The van der Waals surface area contributed by atoms with Crippen LogP contribution < -0.4 is 5.32 Å². The van der Waals surface area contributed by atoms with E-state index >= 15 is 0 Å². The predicted molar refractivity (Wildman–Crippen MR) is 58.0 cm³/mol. The molecule has 0 unspecified atom stereocenters. The number of aromatic nitrogens is 1. The number of nitrogens with one attached hydrogen (secondary N) is 1. The van der Waals surface area contributed by atoms with E-state index < -0.39 is 0 Å². The summed E-state index contributed by atoms with van der Waals surface area (Å²) < 4.78 is 5.87. The molecule has 0 amide bonds. The largest absolute Gasteiger partial charge is 0.457 e. The Labute approximate surface area is 90.3 Å². The fourth-order valence-electron chi connectivity index (χ4n) is 1.11. The maximum Gasteiger partial charge on any atom is 0.169 e. The van der Waals surface area contributed by atoms with Crippen LogP contribution in [0.15, 0.2) is 45.9 Å². The molecule has 0 aromatic carbocycles. The summed E-state index contributed by atoms with van der Waals surface area (Å²) in [6.07, 6.45) is 5.24. The molecule has 0 bridgehead atoms. The fourth-order valence-corrected chi connectivity index (χ4v) is 1.50. The van der Waals surface area contributed by atoms with Gasteiger partial charge in [-0.15, -0.1) is 0 Å². The molecular formula is C10H9BrN2O. The highest BCUT2D eigenvalue weighted by Gasteiger charge is 1.97. The van der Waals surface area contributed by atoms with Gasteiger partial charge in [-0.1, -0.05) is 0 Å². The molecule has 14 heavy (non-hydrogen) atoms. The first-order chi connectivity index (χ1) is 6.84. The molecule has 0 radical (unpaired) electrons. The SMILES string of the molecule is Brc1cc(CNc2ccncc2)co1. The van der Waals surface area contributed by atoms with Crippen molar-refractivity contribution in [2.75, 3.05) is 5.32 Å². The molecule has 0 atom stereocenters. The van der Waals surface area contributed by atoms with Crippen molar-refractivity contribution in [3.8, 4) is 0 Å². The van der Waals surface area contributed by atoms with Gasteiger partial charge in [0.1, 0.15) is 0 Å². The highest BCUT2D eigenvalue weighted by atomic mass is 79.9. The number of pyridine rings is 1. The number of furan rings is 1. The molecule has 2 heterocycles. The second-order valence-electron chi connectivity index (χ2n) is 2.85. The van der Waals surface area contributed by atoms with Crippen molar-refractivity contribution in [2.24, 2.45) is 0 Å². The highest BCUT2D eigenvalue weighted by molar-refractivity contribution is 9.10. The molecule has 4 heteroatoms. The van der Waals surface area contributed by atoms with Gasteiger partial charge in [-0.05, 0) is 34.1 Å². The molecule has 0 aliphatic rings. The molecular weight excluding hydrogens is 244 g/mol. The van der Waals surface area contributed by atoms with Crippen molar-refractivity contribution in [1.82, 2.24) is 4.98 Å². The summed E-state index contributed by atoms with van der Waals surface area (Å²) in [7, 11) is 0. The smallest absolute Gasteiger partial charge is 0.169 e. The molecule has 0 saturated heterocycles. The van der Waals surface area contributed by atoms with Crippen molar-refractivity contribution < 1.29 is 4.42 Å². The van der Waals surface area contributed by atoms with E-state index in [-0.39, 0.29) is 0 Å². The molecule has 2 aromatic heterocycles. The van der Waals surface area contributed by atoms with Crippen molar-refractivity contribution in [3.63, 3.8) is 0 Å². The number of hydrogen-bond donors (Lipinski definition) is 1. The lowest BCUT2D eigenvalue weighted by atomic mass is 10.3. The van der Waals surface area contributed by atoms with Crippen LogP contribution in [0.25, 0.3) is 0 Å². The minimum Gasteiger partial charge on any atom is -0.457 e. The van der Waals surface area contributed by atoms with Gasteiger partial charge in [0, 0.05) is 30.2 Å². The Balaban J connectivity index is 1.95. The predicted octanol–water partition coefficient (Wildman–Crippen LogP) is 3.05. The lowest BCUT2D eigenvalue weighted by Gasteiger charge is -2.02. The van der Waals surface area contributed by atoms with Crippen molar-refractivity contribution >= 4 is 21.6 Å². The van der Waals surface area contributed by atoms with E-state index in [2.05, 4.69) is 26.2 Å². The van der Waals surface area contributed by atoms with Crippen LogP contribution >= 0.6 is 15.9 Å². The number of nitrogens with zero attached hydrogens (tertiary/aromatic N) is 1. The van der Waals surface area contributed by atoms with E-state index in [1.165, 1.54) is 0 Å². The Morgan fingerprint density at radius 3 is 2.79 bits per heavy atom. The fraction of sp³-hybridized carbons (Fsp3) is 0.100. The van der Waals surface area contributed by atoms with Gasteiger partial charge in [-0.2, -0.15) is 0 Å². The molecule has 0 fully saturated rings. The van der Waals surface area contributed by atoms with Gasteiger partial charge < -0.3 is 9.73 Å². The van der Waals surface area contributed by atoms with E-state index in [0.717, 1.165) is 22.5 Å². The molecule has 0 spiro atoms. The maximum absolute atomic E-state index is 5.12. The van der Waals surface area contributed by atoms with Crippen LogP contribution in [0.3, 0.4) is 0 Å². The average Bonchev–Trinajstić information content (AvgIpc) is 2.63. The normalized spacial score (nSPS) is 10.1. The summed E-state index contributed by atoms with van der Waals surface area (Å²) in [6.45, 7) is 0.749. The molecule has 2 aromatic rings. The van der Waals surface area contributed by atoms with E-state index in [0.29, 0.717) is 0 Å². The topological polar surface area (TPSA) is 38.1 Å². The monoisotopic (exact) mass is 252 g/mol. The number of anilines is 1. The first kappa shape index (κ1) is 9.27. The zero-order valence-electron chi connectivity index (χ0n) is 7.40. The van der Waals surface area contributed by atoms with Crippen LogP contribution in [0, 0.1) is 0 Å². The van der Waals surface area contributed by atoms with Crippen LogP contribution in [-0.2, 0) is 6.54 Å². The van der Waals surface area contributed by atoms with Gasteiger partial charge >= 0.3 is 0 Å². The third-order valence-electron chi connectivity index (χ3n) is 1.80. The molecule has 3 nitrogen and oxygen atoms in total. The lowest BCUT2D eigenvalue weighted by molar-refractivity contribution is 0.539. The average molecular weight is 253 g/mol. The van der Waals surface area contributed by atoms with Crippen LogP contribution in [0.2, 0.25) is 0 Å². The Bertz CT molecular complexity index is 400. The maximum atomic E-state index is 5.12. The molecule has 72 valence electrons. The minimum absolute atomic E-state index is 0.749. The van der Waals surface area contributed by atoms with Crippen molar-refractivity contribution in [1.29, 1.82) is 0 Å². The summed E-state index contributed by atoms with van der Waals surface area (Å²) in [4.78, 5) is 3.94. The van der Waals surface area contributed by atoms with Crippen LogP contribution in [0.4, 0.5) is 5.69 Å². The van der Waals surface area contributed by atoms with E-state index in [1.807, 2.05) is 18.2 Å². The molecule has 2 rings (SSSR count). The number of halogens is 1. The van der Waals surface area contributed by atoms with Gasteiger partial charge in [-0.3, -0.25) is 4.98 Å². The quantitative estimate of drug-likeness (QED) is 0.913. The van der Waals surface area contributed by atoms with E-state index in [4.69, 9.17) is 4.42 Å². The summed E-state index contributed by atoms with van der Waals surface area (Å²) in [6, 6.07) is 5.79. The Hall–Kier alpha value is -1.29. The zero-order valence-corrected chi connectivity index (χ0v) is 8.99. The second-order valence-corrected chi connectivity index (χ2v) is 3.63. The number of rotatable bonds is 3. The van der Waals surface area contributed by atoms with E-state index in [1.54, 1.807) is 18.7 Å². The summed E-state index contributed by atoms with van der Waals surface area (Å²) in [5.74, 6) is 0. The van der Waals surface area contributed by atoms with Crippen LogP contribution in [0.1, 0.15) is 5.56 Å². The first-order valence-corrected chi connectivity index (χ1v) is 5.01. The number of hydrogen-bond acceptors (Lipinski definition) is 3. The van der Waals surface area contributed by atoms with Gasteiger partial charge in [-0.25, -0.2) is 0 Å². The molecule has 0 aliphatic heterocycles. The minimum atomic E-state index is 0.749. The first-order valence-electron chi connectivity index (χ1n) is 4.21. The standard InChI is InChI=1S/C10H9BrN2O/c11-10-5-8(7-14-10)6-13-9-1-3-12-4-2-9/h1-5,7H,6H2,(H,12,13). The third-order valence-corrected chi connectivity index (χ3v) is 2.21. The molecule has 0 saturated carbocycles. The van der Waals surface area contributed by atoms with Crippen LogP contribution in [-0.4, -0.2) is 4.98 Å². The molecule has 0 aliphatic carbocycles. The van der Waals surface area contributed by atoms with Gasteiger partial charge in [0.25, 0.3) is 0 Å². The Morgan fingerprint density at radius 2 is 2.14 bits per heavy atom. The summed E-state index contributed by atoms with van der Waals surface area (Å²) in [5, 5.41) is 3.25. The molecule has 1 N–H and O–H groups in total.